The molecule has 1 aromatic carbocycles. The Bertz CT molecular complexity index is 471. The number of hydrogen-bond acceptors (Lipinski definition) is 3. The highest BCUT2D eigenvalue weighted by Crippen LogP contribution is 2.45. The third-order valence-electron chi connectivity index (χ3n) is 4.53. The van der Waals surface area contributed by atoms with Crippen molar-refractivity contribution in [2.75, 3.05) is 6.61 Å². The van der Waals surface area contributed by atoms with Gasteiger partial charge in [-0.05, 0) is 30.9 Å². The van der Waals surface area contributed by atoms with Gasteiger partial charge in [0.2, 0.25) is 0 Å². The van der Waals surface area contributed by atoms with Crippen LogP contribution in [0.4, 0.5) is 0 Å². The van der Waals surface area contributed by atoms with E-state index in [0.29, 0.717) is 6.42 Å². The van der Waals surface area contributed by atoms with Crippen LogP contribution in [0.15, 0.2) is 24.3 Å². The second kappa shape index (κ2) is 6.66. The Hall–Kier alpha value is -0.610. The largest absolute Gasteiger partial charge is 0.396 e. The number of ether oxygens (including phenoxy) is 2. The molecule has 2 fully saturated rings. The van der Waals surface area contributed by atoms with E-state index in [9.17, 15) is 5.11 Å². The number of hydrogen-bond donors (Lipinski definition) is 1. The molecule has 1 spiro atoms. The molecule has 1 saturated carbocycles. The van der Waals surface area contributed by atoms with Gasteiger partial charge in [-0.3, -0.25) is 0 Å². The van der Waals surface area contributed by atoms with E-state index >= 15 is 0 Å². The SMILES string of the molecule is OCC[C@H]1C[C@@H](c2ccccc2Cl)OC2(CCCCC2)O1. The van der Waals surface area contributed by atoms with E-state index < -0.39 is 5.79 Å². The maximum absolute atomic E-state index is 9.27. The zero-order chi connectivity index (χ0) is 14.7. The fourth-order valence-electron chi connectivity index (χ4n) is 3.50. The van der Waals surface area contributed by atoms with Gasteiger partial charge < -0.3 is 14.6 Å². The van der Waals surface area contributed by atoms with Gasteiger partial charge in [0.1, 0.15) is 0 Å². The lowest BCUT2D eigenvalue weighted by Crippen LogP contribution is -2.47. The summed E-state index contributed by atoms with van der Waals surface area (Å²) < 4.78 is 12.6. The van der Waals surface area contributed by atoms with Gasteiger partial charge in [-0.25, -0.2) is 0 Å². The van der Waals surface area contributed by atoms with Crippen LogP contribution >= 0.6 is 11.6 Å². The third kappa shape index (κ3) is 3.42. The molecule has 2 aliphatic rings. The molecule has 0 radical (unpaired) electrons. The van der Waals surface area contributed by atoms with Crippen molar-refractivity contribution >= 4 is 11.6 Å². The number of aliphatic hydroxyl groups excluding tert-OH is 1. The van der Waals surface area contributed by atoms with Gasteiger partial charge in [0.25, 0.3) is 0 Å². The van der Waals surface area contributed by atoms with Crippen LogP contribution < -0.4 is 0 Å². The molecule has 1 heterocycles. The Morgan fingerprint density at radius 2 is 1.90 bits per heavy atom. The molecule has 21 heavy (non-hydrogen) atoms. The second-order valence-electron chi connectivity index (χ2n) is 6.09. The summed E-state index contributed by atoms with van der Waals surface area (Å²) in [5, 5.41) is 10.0. The van der Waals surface area contributed by atoms with Crippen LogP contribution in [0.1, 0.15) is 56.6 Å². The monoisotopic (exact) mass is 310 g/mol. The smallest absolute Gasteiger partial charge is 0.169 e. The number of halogens is 1. The summed E-state index contributed by atoms with van der Waals surface area (Å²) in [4.78, 5) is 0. The molecule has 2 atom stereocenters. The highest BCUT2D eigenvalue weighted by molar-refractivity contribution is 6.31. The minimum atomic E-state index is -0.472. The van der Waals surface area contributed by atoms with Crippen LogP contribution in [-0.4, -0.2) is 23.6 Å². The average Bonchev–Trinajstić information content (AvgIpc) is 2.48. The summed E-state index contributed by atoms with van der Waals surface area (Å²) in [6.45, 7) is 0.149. The summed E-state index contributed by atoms with van der Waals surface area (Å²) in [5.74, 6) is -0.472. The zero-order valence-electron chi connectivity index (χ0n) is 12.3. The van der Waals surface area contributed by atoms with Crippen molar-refractivity contribution in [2.45, 2.75) is 62.9 Å². The molecule has 1 saturated heterocycles. The van der Waals surface area contributed by atoms with Crippen LogP contribution in [-0.2, 0) is 9.47 Å². The molecule has 3 nitrogen and oxygen atoms in total. The highest BCUT2D eigenvalue weighted by Gasteiger charge is 2.43. The van der Waals surface area contributed by atoms with Crippen LogP contribution in [0.2, 0.25) is 5.02 Å². The van der Waals surface area contributed by atoms with Crippen molar-refractivity contribution in [1.29, 1.82) is 0 Å². The van der Waals surface area contributed by atoms with Crippen LogP contribution in [0.5, 0.6) is 0 Å². The van der Waals surface area contributed by atoms with Crippen molar-refractivity contribution < 1.29 is 14.6 Å². The van der Waals surface area contributed by atoms with Crippen molar-refractivity contribution in [3.8, 4) is 0 Å². The average molecular weight is 311 g/mol. The molecule has 3 rings (SSSR count). The van der Waals surface area contributed by atoms with Crippen molar-refractivity contribution in [3.05, 3.63) is 34.9 Å². The molecule has 0 amide bonds. The fourth-order valence-corrected chi connectivity index (χ4v) is 3.76. The van der Waals surface area contributed by atoms with Gasteiger partial charge in [0, 0.05) is 30.9 Å². The molecule has 1 aliphatic heterocycles. The predicted octanol–water partition coefficient (Wildman–Crippen LogP) is 4.23. The van der Waals surface area contributed by atoms with Crippen LogP contribution in [0, 0.1) is 0 Å². The minimum Gasteiger partial charge on any atom is -0.396 e. The summed E-state index contributed by atoms with van der Waals surface area (Å²) in [5.41, 5.74) is 1.04. The van der Waals surface area contributed by atoms with Crippen molar-refractivity contribution in [3.63, 3.8) is 0 Å². The quantitative estimate of drug-likeness (QED) is 0.908. The van der Waals surface area contributed by atoms with E-state index in [4.69, 9.17) is 21.1 Å². The molecule has 0 bridgehead atoms. The zero-order valence-corrected chi connectivity index (χ0v) is 13.0. The Morgan fingerprint density at radius 3 is 2.62 bits per heavy atom. The number of benzene rings is 1. The first-order valence-corrected chi connectivity index (χ1v) is 8.31. The summed E-state index contributed by atoms with van der Waals surface area (Å²) in [7, 11) is 0. The van der Waals surface area contributed by atoms with Crippen molar-refractivity contribution in [1.82, 2.24) is 0 Å². The topological polar surface area (TPSA) is 38.7 Å². The number of rotatable bonds is 3. The van der Waals surface area contributed by atoms with Gasteiger partial charge in [0.15, 0.2) is 5.79 Å². The summed E-state index contributed by atoms with van der Waals surface area (Å²) >= 11 is 6.34. The molecule has 1 N–H and O–H groups in total. The van der Waals surface area contributed by atoms with Gasteiger partial charge >= 0.3 is 0 Å². The minimum absolute atomic E-state index is 0.0397. The van der Waals surface area contributed by atoms with E-state index in [0.717, 1.165) is 42.7 Å². The molecule has 116 valence electrons. The lowest BCUT2D eigenvalue weighted by molar-refractivity contribution is -0.332. The fraction of sp³-hybridized carbons (Fsp3) is 0.647. The summed E-state index contributed by atoms with van der Waals surface area (Å²) in [6, 6.07) is 7.87. The van der Waals surface area contributed by atoms with E-state index in [-0.39, 0.29) is 18.8 Å². The lowest BCUT2D eigenvalue weighted by atomic mass is 9.90. The normalized spacial score (nSPS) is 28.7. The molecule has 1 aromatic rings. The highest BCUT2D eigenvalue weighted by atomic mass is 35.5. The Morgan fingerprint density at radius 1 is 1.14 bits per heavy atom. The first-order chi connectivity index (χ1) is 10.2. The molecular formula is C17H23ClO3. The molecule has 4 heteroatoms. The summed E-state index contributed by atoms with van der Waals surface area (Å²) in [6.07, 6.45) is 6.83. The van der Waals surface area contributed by atoms with Crippen LogP contribution in [0.3, 0.4) is 0 Å². The molecule has 0 aromatic heterocycles. The third-order valence-corrected chi connectivity index (χ3v) is 4.88. The standard InChI is InChI=1S/C17H23ClO3/c18-15-7-3-2-6-14(15)16-12-13(8-11-19)20-17(21-16)9-4-1-5-10-17/h2-3,6-7,13,16,19H,1,4-5,8-12H2/t13-,16-/m0/s1. The van der Waals surface area contributed by atoms with Gasteiger partial charge in [-0.1, -0.05) is 36.2 Å². The van der Waals surface area contributed by atoms with E-state index in [1.54, 1.807) is 0 Å². The molecular weight excluding hydrogens is 288 g/mol. The second-order valence-corrected chi connectivity index (χ2v) is 6.49. The van der Waals surface area contributed by atoms with Crippen molar-refractivity contribution in [2.24, 2.45) is 0 Å². The maximum Gasteiger partial charge on any atom is 0.169 e. The lowest BCUT2D eigenvalue weighted by Gasteiger charge is -2.47. The Kier molecular flexibility index (Phi) is 4.85. The predicted molar refractivity (Wildman–Crippen MR) is 82.3 cm³/mol. The van der Waals surface area contributed by atoms with Gasteiger partial charge in [-0.15, -0.1) is 0 Å². The van der Waals surface area contributed by atoms with E-state index in [1.807, 2.05) is 24.3 Å². The molecule has 1 aliphatic carbocycles. The maximum atomic E-state index is 9.27. The van der Waals surface area contributed by atoms with E-state index in [1.165, 1.54) is 6.42 Å². The van der Waals surface area contributed by atoms with Gasteiger partial charge in [0.05, 0.1) is 12.2 Å². The first kappa shape index (κ1) is 15.3. The van der Waals surface area contributed by atoms with E-state index in [2.05, 4.69) is 0 Å². The Labute approximate surface area is 131 Å². The van der Waals surface area contributed by atoms with Gasteiger partial charge in [-0.2, -0.15) is 0 Å². The Balaban J connectivity index is 1.84. The number of aliphatic hydroxyl groups is 1. The molecule has 0 unspecified atom stereocenters. The first-order valence-electron chi connectivity index (χ1n) is 7.93. The van der Waals surface area contributed by atoms with Crippen LogP contribution in [0.25, 0.3) is 0 Å².